The minimum Gasteiger partial charge on any atom is -0.318 e. The highest BCUT2D eigenvalue weighted by Crippen LogP contribution is 2.37. The Morgan fingerprint density at radius 2 is 1.77 bits per heavy atom. The molecule has 5 rings (SSSR count). The minimum atomic E-state index is -0.368. The highest BCUT2D eigenvalue weighted by atomic mass is 19.1. The Bertz CT molecular complexity index is 1250. The van der Waals surface area contributed by atoms with E-state index < -0.39 is 0 Å². The number of aryl methyl sites for hydroxylation is 1. The van der Waals surface area contributed by atoms with Crippen molar-refractivity contribution in [2.75, 3.05) is 5.32 Å². The molecule has 2 heterocycles. The summed E-state index contributed by atoms with van der Waals surface area (Å²) in [4.78, 5) is 15.4. The number of nitrogens with zero attached hydrogens (tertiary/aromatic N) is 2. The molecular formula is C26H22FN3O. The fraction of sp³-hybridized carbons (Fsp3) is 0.115. The number of benzene rings is 3. The van der Waals surface area contributed by atoms with E-state index in [0.29, 0.717) is 6.54 Å². The van der Waals surface area contributed by atoms with Crippen LogP contribution in [-0.4, -0.2) is 15.5 Å². The summed E-state index contributed by atoms with van der Waals surface area (Å²) in [6.45, 7) is 2.42. The van der Waals surface area contributed by atoms with Gasteiger partial charge in [0.05, 0.1) is 18.3 Å². The number of carbonyl (C=O) groups is 1. The largest absolute Gasteiger partial charge is 0.322 e. The number of aromatic nitrogens is 1. The Labute approximate surface area is 180 Å². The third-order valence-corrected chi connectivity index (χ3v) is 5.68. The molecule has 154 valence electrons. The molecular weight excluding hydrogens is 389 g/mol. The van der Waals surface area contributed by atoms with Crippen molar-refractivity contribution in [3.05, 3.63) is 119 Å². The van der Waals surface area contributed by atoms with Crippen LogP contribution < -0.4 is 5.32 Å². The Balaban J connectivity index is 1.63. The summed E-state index contributed by atoms with van der Waals surface area (Å²) in [7, 11) is 0. The summed E-state index contributed by atoms with van der Waals surface area (Å²) in [5.74, 6) is -0.299. The van der Waals surface area contributed by atoms with Crippen molar-refractivity contribution < 1.29 is 9.18 Å². The molecule has 0 bridgehead atoms. The first kappa shape index (κ1) is 19.1. The highest BCUT2D eigenvalue weighted by Gasteiger charge is 2.33. The zero-order chi connectivity index (χ0) is 21.4. The molecule has 1 aliphatic heterocycles. The monoisotopic (exact) mass is 411 g/mol. The van der Waals surface area contributed by atoms with E-state index in [0.717, 1.165) is 33.8 Å². The van der Waals surface area contributed by atoms with Crippen molar-refractivity contribution in [1.82, 2.24) is 9.47 Å². The number of hydrogen-bond acceptors (Lipinski definition) is 1. The lowest BCUT2D eigenvalue weighted by molar-refractivity contribution is 0.194. The molecule has 0 unspecified atom stereocenters. The van der Waals surface area contributed by atoms with E-state index in [1.165, 1.54) is 12.1 Å². The molecule has 4 nitrogen and oxygen atoms in total. The molecule has 4 aromatic rings. The first-order chi connectivity index (χ1) is 15.1. The van der Waals surface area contributed by atoms with Gasteiger partial charge in [0, 0.05) is 17.6 Å². The lowest BCUT2D eigenvalue weighted by Crippen LogP contribution is -2.37. The molecule has 0 saturated carbocycles. The summed E-state index contributed by atoms with van der Waals surface area (Å²) >= 11 is 0. The SMILES string of the molecule is Cc1cccc(NC(=O)N2Cc3ccccc3-n3cccc3[C@H]2c2ccc(F)cc2)c1. The summed E-state index contributed by atoms with van der Waals surface area (Å²) in [6, 6.07) is 25.6. The van der Waals surface area contributed by atoms with Crippen LogP contribution in [0.2, 0.25) is 0 Å². The maximum Gasteiger partial charge on any atom is 0.322 e. The number of carbonyl (C=O) groups excluding carboxylic acids is 1. The fourth-order valence-electron chi connectivity index (χ4n) is 4.25. The molecule has 0 fully saturated rings. The number of anilines is 1. The number of hydrogen-bond donors (Lipinski definition) is 1. The van der Waals surface area contributed by atoms with Crippen molar-refractivity contribution >= 4 is 11.7 Å². The maximum absolute atomic E-state index is 13.7. The average molecular weight is 411 g/mol. The zero-order valence-corrected chi connectivity index (χ0v) is 17.1. The van der Waals surface area contributed by atoms with Gasteiger partial charge >= 0.3 is 6.03 Å². The number of urea groups is 1. The Hall–Kier alpha value is -3.86. The van der Waals surface area contributed by atoms with Crippen LogP contribution in [0.3, 0.4) is 0 Å². The third-order valence-electron chi connectivity index (χ3n) is 5.68. The van der Waals surface area contributed by atoms with E-state index in [-0.39, 0.29) is 17.9 Å². The van der Waals surface area contributed by atoms with Crippen LogP contribution in [0.4, 0.5) is 14.9 Å². The predicted molar refractivity (Wildman–Crippen MR) is 120 cm³/mol. The maximum atomic E-state index is 13.7. The minimum absolute atomic E-state index is 0.204. The molecule has 1 aliphatic rings. The van der Waals surface area contributed by atoms with Gasteiger partial charge in [-0.25, -0.2) is 9.18 Å². The van der Waals surface area contributed by atoms with Crippen LogP contribution in [0.15, 0.2) is 91.1 Å². The molecule has 31 heavy (non-hydrogen) atoms. The number of amides is 2. The number of fused-ring (bicyclic) bond motifs is 3. The molecule has 0 radical (unpaired) electrons. The zero-order valence-electron chi connectivity index (χ0n) is 17.1. The number of nitrogens with one attached hydrogen (secondary N) is 1. The molecule has 1 N–H and O–H groups in total. The smallest absolute Gasteiger partial charge is 0.318 e. The van der Waals surface area contributed by atoms with Crippen LogP contribution >= 0.6 is 0 Å². The number of halogens is 1. The van der Waals surface area contributed by atoms with Gasteiger partial charge in [-0.1, -0.05) is 42.5 Å². The fourth-order valence-corrected chi connectivity index (χ4v) is 4.25. The predicted octanol–water partition coefficient (Wildman–Crippen LogP) is 6.06. The van der Waals surface area contributed by atoms with Gasteiger partial charge in [-0.05, 0) is 66.1 Å². The van der Waals surface area contributed by atoms with Gasteiger partial charge in [0.2, 0.25) is 0 Å². The second-order valence-electron chi connectivity index (χ2n) is 7.81. The molecule has 1 atom stereocenters. The van der Waals surface area contributed by atoms with Crippen molar-refractivity contribution in [2.24, 2.45) is 0 Å². The van der Waals surface area contributed by atoms with Crippen molar-refractivity contribution in [3.8, 4) is 5.69 Å². The quantitative estimate of drug-likeness (QED) is 0.428. The molecule has 0 saturated heterocycles. The van der Waals surface area contributed by atoms with Gasteiger partial charge in [-0.2, -0.15) is 0 Å². The molecule has 0 aliphatic carbocycles. The van der Waals surface area contributed by atoms with E-state index in [2.05, 4.69) is 16.0 Å². The third kappa shape index (κ3) is 3.59. The molecule has 0 spiro atoms. The molecule has 1 aromatic heterocycles. The molecule has 2 amide bonds. The Morgan fingerprint density at radius 1 is 0.968 bits per heavy atom. The second kappa shape index (κ2) is 7.76. The lowest BCUT2D eigenvalue weighted by Gasteiger charge is -2.31. The topological polar surface area (TPSA) is 37.3 Å². The number of para-hydroxylation sites is 1. The van der Waals surface area contributed by atoms with Gasteiger partial charge in [-0.3, -0.25) is 0 Å². The van der Waals surface area contributed by atoms with Crippen LogP contribution in [0, 0.1) is 12.7 Å². The molecule has 3 aromatic carbocycles. The Morgan fingerprint density at radius 3 is 2.58 bits per heavy atom. The van der Waals surface area contributed by atoms with E-state index in [9.17, 15) is 9.18 Å². The van der Waals surface area contributed by atoms with Crippen LogP contribution in [-0.2, 0) is 6.54 Å². The van der Waals surface area contributed by atoms with Crippen molar-refractivity contribution in [2.45, 2.75) is 19.5 Å². The van der Waals surface area contributed by atoms with E-state index >= 15 is 0 Å². The lowest BCUT2D eigenvalue weighted by atomic mass is 10.0. The summed E-state index contributed by atoms with van der Waals surface area (Å²) in [6.07, 6.45) is 2.01. The van der Waals surface area contributed by atoms with E-state index in [4.69, 9.17) is 0 Å². The average Bonchev–Trinajstić information content (AvgIpc) is 3.19. The van der Waals surface area contributed by atoms with Crippen LogP contribution in [0.5, 0.6) is 0 Å². The Kier molecular flexibility index (Phi) is 4.79. The number of rotatable bonds is 2. The second-order valence-corrected chi connectivity index (χ2v) is 7.81. The molecule has 5 heteroatoms. The standard InChI is InChI=1S/C26H22FN3O/c1-18-6-4-8-22(16-18)28-26(31)30-17-20-7-2-3-9-23(20)29-15-5-10-24(29)25(30)19-11-13-21(27)14-12-19/h2-16,25H,17H2,1H3,(H,28,31)/t25-/m1/s1. The van der Waals surface area contributed by atoms with Crippen molar-refractivity contribution in [3.63, 3.8) is 0 Å². The summed E-state index contributed by atoms with van der Waals surface area (Å²) < 4.78 is 15.8. The van der Waals surface area contributed by atoms with Gasteiger partial charge in [0.25, 0.3) is 0 Å². The highest BCUT2D eigenvalue weighted by molar-refractivity contribution is 5.90. The van der Waals surface area contributed by atoms with Crippen LogP contribution in [0.1, 0.15) is 28.4 Å². The first-order valence-electron chi connectivity index (χ1n) is 10.3. The summed E-state index contributed by atoms with van der Waals surface area (Å²) in [5.41, 5.74) is 5.72. The summed E-state index contributed by atoms with van der Waals surface area (Å²) in [5, 5.41) is 3.05. The van der Waals surface area contributed by atoms with Gasteiger partial charge in [0.1, 0.15) is 5.82 Å². The first-order valence-corrected chi connectivity index (χ1v) is 10.3. The van der Waals surface area contributed by atoms with Gasteiger partial charge in [-0.15, -0.1) is 0 Å². The van der Waals surface area contributed by atoms with Gasteiger partial charge < -0.3 is 14.8 Å². The van der Waals surface area contributed by atoms with Gasteiger partial charge in [0.15, 0.2) is 0 Å². The van der Waals surface area contributed by atoms with Crippen LogP contribution in [0.25, 0.3) is 5.69 Å². The van der Waals surface area contributed by atoms with E-state index in [1.54, 1.807) is 12.1 Å². The van der Waals surface area contributed by atoms with Crippen molar-refractivity contribution in [1.29, 1.82) is 0 Å². The van der Waals surface area contributed by atoms with E-state index in [1.807, 2.05) is 72.6 Å². The normalized spacial score (nSPS) is 15.0.